The Morgan fingerprint density at radius 1 is 1.10 bits per heavy atom. The molecule has 0 radical (unpaired) electrons. The molecule has 1 atom stereocenters. The standard InChI is InChI=1S/C31H30F3N5O/c1-20-7-8-22(15-25(20)17-29-36-13-11-27(37-29)23-5-3-12-35-18-23)30(40)38-28-10-9-21(16-26(28)31(32,33)34)24-6-4-14-39(2)19-24/h3,5,7-13,15-16,18,24H,4,6,14,17,19H2,1-2H3,(H,38,40). The van der Waals surface area contributed by atoms with Gasteiger partial charge in [-0.15, -0.1) is 0 Å². The van der Waals surface area contributed by atoms with E-state index < -0.39 is 17.6 Å². The number of nitrogens with one attached hydrogen (secondary N) is 1. The lowest BCUT2D eigenvalue weighted by atomic mass is 9.89. The van der Waals surface area contributed by atoms with Crippen LogP contribution in [0.25, 0.3) is 11.3 Å². The Bertz CT molecular complexity index is 1510. The molecule has 5 rings (SSSR count). The van der Waals surface area contributed by atoms with E-state index in [0.29, 0.717) is 24.4 Å². The molecular weight excluding hydrogens is 515 g/mol. The predicted molar refractivity (Wildman–Crippen MR) is 148 cm³/mol. The second-order valence-corrected chi connectivity index (χ2v) is 10.3. The molecule has 9 heteroatoms. The fourth-order valence-electron chi connectivity index (χ4n) is 5.13. The van der Waals surface area contributed by atoms with Gasteiger partial charge in [-0.25, -0.2) is 9.97 Å². The fourth-order valence-corrected chi connectivity index (χ4v) is 5.13. The monoisotopic (exact) mass is 545 g/mol. The highest BCUT2D eigenvalue weighted by Gasteiger charge is 2.35. The number of aryl methyl sites for hydroxylation is 1. The average Bonchev–Trinajstić information content (AvgIpc) is 2.94. The number of aromatic nitrogens is 3. The summed E-state index contributed by atoms with van der Waals surface area (Å²) in [5, 5.41) is 2.51. The molecule has 1 aliphatic rings. The Morgan fingerprint density at radius 2 is 1.95 bits per heavy atom. The van der Waals surface area contributed by atoms with Crippen molar-refractivity contribution in [3.05, 3.63) is 107 Å². The molecule has 1 fully saturated rings. The number of likely N-dealkylation sites (tertiary alicyclic amines) is 1. The summed E-state index contributed by atoms with van der Waals surface area (Å²) in [6.07, 6.45) is 2.62. The molecule has 1 N–H and O–H groups in total. The Morgan fingerprint density at radius 3 is 2.70 bits per heavy atom. The molecule has 4 aromatic rings. The van der Waals surface area contributed by atoms with E-state index in [9.17, 15) is 18.0 Å². The Labute approximate surface area is 231 Å². The minimum atomic E-state index is -4.60. The number of nitrogens with zero attached hydrogens (tertiary/aromatic N) is 4. The van der Waals surface area contributed by atoms with Crippen LogP contribution in [0.3, 0.4) is 0 Å². The van der Waals surface area contributed by atoms with Crippen molar-refractivity contribution < 1.29 is 18.0 Å². The second kappa shape index (κ2) is 11.6. The largest absolute Gasteiger partial charge is 0.418 e. The van der Waals surface area contributed by atoms with E-state index in [1.807, 2.05) is 26.1 Å². The number of anilines is 1. The number of likely N-dealkylation sites (N-methyl/N-ethyl adjacent to an activating group) is 1. The quantitative estimate of drug-likeness (QED) is 0.299. The molecule has 0 saturated carbocycles. The van der Waals surface area contributed by atoms with Crippen LogP contribution in [0.5, 0.6) is 0 Å². The Hall–Kier alpha value is -4.11. The van der Waals surface area contributed by atoms with E-state index in [1.165, 1.54) is 12.1 Å². The van der Waals surface area contributed by atoms with E-state index in [1.54, 1.807) is 48.9 Å². The molecule has 206 valence electrons. The molecule has 3 heterocycles. The lowest BCUT2D eigenvalue weighted by Crippen LogP contribution is -2.31. The molecule has 1 saturated heterocycles. The summed E-state index contributed by atoms with van der Waals surface area (Å²) in [6.45, 7) is 3.56. The number of amides is 1. The lowest BCUT2D eigenvalue weighted by molar-refractivity contribution is -0.137. The summed E-state index contributed by atoms with van der Waals surface area (Å²) in [6, 6.07) is 14.9. The van der Waals surface area contributed by atoms with Crippen LogP contribution in [-0.2, 0) is 12.6 Å². The van der Waals surface area contributed by atoms with Crippen LogP contribution < -0.4 is 5.32 Å². The van der Waals surface area contributed by atoms with Crippen LogP contribution in [0.15, 0.2) is 73.2 Å². The molecule has 1 amide bonds. The molecule has 0 bridgehead atoms. The molecule has 1 unspecified atom stereocenters. The number of carbonyl (C=O) groups excluding carboxylic acids is 1. The first-order valence-electron chi connectivity index (χ1n) is 13.2. The van der Waals surface area contributed by atoms with Crippen molar-refractivity contribution in [1.82, 2.24) is 19.9 Å². The van der Waals surface area contributed by atoms with E-state index in [2.05, 4.69) is 25.2 Å². The summed E-state index contributed by atoms with van der Waals surface area (Å²) in [5.41, 5.74) is 3.14. The second-order valence-electron chi connectivity index (χ2n) is 10.3. The smallest absolute Gasteiger partial charge is 0.321 e. The SMILES string of the molecule is Cc1ccc(C(=O)Nc2ccc(C3CCCN(C)C3)cc2C(F)(F)F)cc1Cc1nccc(-c2cccnc2)n1. The number of benzene rings is 2. The van der Waals surface area contributed by atoms with Crippen LogP contribution in [0.4, 0.5) is 18.9 Å². The minimum Gasteiger partial charge on any atom is -0.321 e. The van der Waals surface area contributed by atoms with Crippen LogP contribution in [-0.4, -0.2) is 45.9 Å². The van der Waals surface area contributed by atoms with Crippen molar-refractivity contribution in [2.24, 2.45) is 0 Å². The van der Waals surface area contributed by atoms with Gasteiger partial charge in [0, 0.05) is 42.7 Å². The zero-order valence-electron chi connectivity index (χ0n) is 22.4. The van der Waals surface area contributed by atoms with Gasteiger partial charge < -0.3 is 10.2 Å². The van der Waals surface area contributed by atoms with Gasteiger partial charge in [-0.2, -0.15) is 13.2 Å². The Balaban J connectivity index is 1.37. The van der Waals surface area contributed by atoms with E-state index in [4.69, 9.17) is 0 Å². The van der Waals surface area contributed by atoms with Crippen LogP contribution in [0.1, 0.15) is 57.2 Å². The molecule has 2 aromatic heterocycles. The number of carbonyl (C=O) groups is 1. The van der Waals surface area contributed by atoms with Crippen molar-refractivity contribution in [3.63, 3.8) is 0 Å². The van der Waals surface area contributed by atoms with Gasteiger partial charge in [-0.1, -0.05) is 12.1 Å². The van der Waals surface area contributed by atoms with Crippen molar-refractivity contribution in [2.75, 3.05) is 25.5 Å². The summed E-state index contributed by atoms with van der Waals surface area (Å²) in [5.74, 6) is -0.0182. The maximum atomic E-state index is 14.1. The zero-order chi connectivity index (χ0) is 28.3. The average molecular weight is 546 g/mol. The maximum absolute atomic E-state index is 14.1. The number of hydrogen-bond donors (Lipinski definition) is 1. The normalized spacial score (nSPS) is 16.1. The topological polar surface area (TPSA) is 71.0 Å². The Kier molecular flexibility index (Phi) is 7.93. The van der Waals surface area contributed by atoms with Crippen LogP contribution in [0, 0.1) is 6.92 Å². The van der Waals surface area contributed by atoms with Gasteiger partial charge in [0.05, 0.1) is 16.9 Å². The molecule has 0 aliphatic carbocycles. The fraction of sp³-hybridized carbons (Fsp3) is 0.290. The van der Waals surface area contributed by atoms with Gasteiger partial charge >= 0.3 is 6.18 Å². The number of halogens is 3. The molecule has 40 heavy (non-hydrogen) atoms. The zero-order valence-corrected chi connectivity index (χ0v) is 22.4. The van der Waals surface area contributed by atoms with Gasteiger partial charge in [0.25, 0.3) is 5.91 Å². The summed E-state index contributed by atoms with van der Waals surface area (Å²) in [7, 11) is 1.98. The van der Waals surface area contributed by atoms with Crippen LogP contribution >= 0.6 is 0 Å². The molecular formula is C31H30F3N5O. The number of alkyl halides is 3. The van der Waals surface area contributed by atoms with Gasteiger partial charge in [0.2, 0.25) is 0 Å². The van der Waals surface area contributed by atoms with Crippen molar-refractivity contribution in [2.45, 2.75) is 38.3 Å². The van der Waals surface area contributed by atoms with Gasteiger partial charge in [0.15, 0.2) is 0 Å². The first-order valence-corrected chi connectivity index (χ1v) is 13.2. The van der Waals surface area contributed by atoms with Crippen molar-refractivity contribution >= 4 is 11.6 Å². The highest BCUT2D eigenvalue weighted by Crippen LogP contribution is 2.38. The number of rotatable bonds is 6. The van der Waals surface area contributed by atoms with E-state index in [-0.39, 0.29) is 17.2 Å². The van der Waals surface area contributed by atoms with Crippen LogP contribution in [0.2, 0.25) is 0 Å². The third-order valence-corrected chi connectivity index (χ3v) is 7.32. The van der Waals surface area contributed by atoms with Gasteiger partial charge in [0.1, 0.15) is 5.82 Å². The maximum Gasteiger partial charge on any atom is 0.418 e. The number of hydrogen-bond acceptors (Lipinski definition) is 5. The third kappa shape index (κ3) is 6.37. The highest BCUT2D eigenvalue weighted by atomic mass is 19.4. The number of piperidine rings is 1. The summed E-state index contributed by atoms with van der Waals surface area (Å²) in [4.78, 5) is 28.4. The van der Waals surface area contributed by atoms with E-state index in [0.717, 1.165) is 41.8 Å². The minimum absolute atomic E-state index is 0.0307. The van der Waals surface area contributed by atoms with E-state index >= 15 is 0 Å². The predicted octanol–water partition coefficient (Wildman–Crippen LogP) is 6.52. The van der Waals surface area contributed by atoms with Gasteiger partial charge in [-0.05, 0) is 98.4 Å². The van der Waals surface area contributed by atoms with Gasteiger partial charge in [-0.3, -0.25) is 9.78 Å². The first kappa shape index (κ1) is 27.5. The molecule has 2 aromatic carbocycles. The first-order chi connectivity index (χ1) is 19.2. The van der Waals surface area contributed by atoms with Crippen molar-refractivity contribution in [3.8, 4) is 11.3 Å². The molecule has 6 nitrogen and oxygen atoms in total. The summed E-state index contributed by atoms with van der Waals surface area (Å²) < 4.78 is 42.2. The molecule has 0 spiro atoms. The highest BCUT2D eigenvalue weighted by molar-refractivity contribution is 6.05. The lowest BCUT2D eigenvalue weighted by Gasteiger charge is -2.30. The van der Waals surface area contributed by atoms with Crippen molar-refractivity contribution in [1.29, 1.82) is 0 Å². The third-order valence-electron chi connectivity index (χ3n) is 7.32. The summed E-state index contributed by atoms with van der Waals surface area (Å²) >= 11 is 0. The number of pyridine rings is 1. The molecule has 1 aliphatic heterocycles.